The van der Waals surface area contributed by atoms with Crippen LogP contribution in [0, 0.1) is 0 Å². The van der Waals surface area contributed by atoms with E-state index < -0.39 is 6.10 Å². The first-order chi connectivity index (χ1) is 6.36. The summed E-state index contributed by atoms with van der Waals surface area (Å²) in [5.74, 6) is 0. The SMILES string of the molecule is O[C@H]1CON=C1Sc1ccccc1. The summed E-state index contributed by atoms with van der Waals surface area (Å²) >= 11 is 1.43. The van der Waals surface area contributed by atoms with Crippen LogP contribution in [0.1, 0.15) is 0 Å². The molecule has 3 nitrogen and oxygen atoms in total. The molecule has 1 aliphatic heterocycles. The van der Waals surface area contributed by atoms with Gasteiger partial charge in [0.25, 0.3) is 0 Å². The summed E-state index contributed by atoms with van der Waals surface area (Å²) in [6, 6.07) is 9.79. The Morgan fingerprint density at radius 3 is 2.77 bits per heavy atom. The number of rotatable bonds is 1. The molecule has 0 radical (unpaired) electrons. The number of aliphatic hydroxyl groups is 1. The van der Waals surface area contributed by atoms with Crippen LogP contribution in [-0.2, 0) is 4.84 Å². The molecular formula is C9H9NO2S. The lowest BCUT2D eigenvalue weighted by molar-refractivity contribution is 0.105. The minimum atomic E-state index is -0.565. The van der Waals surface area contributed by atoms with Crippen LogP contribution < -0.4 is 0 Å². The Hall–Kier alpha value is -1.00. The predicted molar refractivity (Wildman–Crippen MR) is 51.7 cm³/mol. The summed E-state index contributed by atoms with van der Waals surface area (Å²) in [6.07, 6.45) is -0.565. The molecule has 68 valence electrons. The van der Waals surface area contributed by atoms with Crippen molar-refractivity contribution in [2.45, 2.75) is 11.0 Å². The van der Waals surface area contributed by atoms with E-state index in [-0.39, 0.29) is 6.61 Å². The molecule has 0 bridgehead atoms. The van der Waals surface area contributed by atoms with Crippen molar-refractivity contribution in [3.05, 3.63) is 30.3 Å². The maximum absolute atomic E-state index is 9.37. The Balaban J connectivity index is 2.06. The average molecular weight is 195 g/mol. The van der Waals surface area contributed by atoms with Crippen LogP contribution in [0.25, 0.3) is 0 Å². The first-order valence-corrected chi connectivity index (χ1v) is 4.79. The van der Waals surface area contributed by atoms with Crippen molar-refractivity contribution < 1.29 is 9.94 Å². The molecule has 1 aromatic carbocycles. The van der Waals surface area contributed by atoms with Crippen LogP contribution in [0.15, 0.2) is 40.4 Å². The summed E-state index contributed by atoms with van der Waals surface area (Å²) in [5.41, 5.74) is 0. The maximum Gasteiger partial charge on any atom is 0.150 e. The lowest BCUT2D eigenvalue weighted by atomic mass is 10.4. The Morgan fingerprint density at radius 1 is 1.38 bits per heavy atom. The molecule has 0 spiro atoms. The van der Waals surface area contributed by atoms with Crippen molar-refractivity contribution in [3.8, 4) is 0 Å². The molecule has 0 saturated heterocycles. The molecule has 13 heavy (non-hydrogen) atoms. The van der Waals surface area contributed by atoms with Gasteiger partial charge in [0.05, 0.1) is 0 Å². The molecule has 0 aromatic heterocycles. The van der Waals surface area contributed by atoms with E-state index >= 15 is 0 Å². The van der Waals surface area contributed by atoms with Gasteiger partial charge in [-0.1, -0.05) is 35.1 Å². The highest BCUT2D eigenvalue weighted by molar-refractivity contribution is 8.14. The zero-order valence-corrected chi connectivity index (χ0v) is 7.70. The summed E-state index contributed by atoms with van der Waals surface area (Å²) < 4.78 is 0. The predicted octanol–water partition coefficient (Wildman–Crippen LogP) is 1.48. The highest BCUT2D eigenvalue weighted by Gasteiger charge is 2.21. The fourth-order valence-electron chi connectivity index (χ4n) is 1.000. The summed E-state index contributed by atoms with van der Waals surface area (Å²) in [7, 11) is 0. The van der Waals surface area contributed by atoms with E-state index in [1.54, 1.807) is 0 Å². The van der Waals surface area contributed by atoms with Crippen molar-refractivity contribution >= 4 is 16.8 Å². The van der Waals surface area contributed by atoms with Crippen LogP contribution in [0.2, 0.25) is 0 Å². The van der Waals surface area contributed by atoms with E-state index in [1.807, 2.05) is 30.3 Å². The average Bonchev–Trinajstić information content (AvgIpc) is 2.54. The van der Waals surface area contributed by atoms with Gasteiger partial charge in [-0.25, -0.2) is 0 Å². The quantitative estimate of drug-likeness (QED) is 0.738. The monoisotopic (exact) mass is 195 g/mol. The number of nitrogens with zero attached hydrogens (tertiary/aromatic N) is 1. The first-order valence-electron chi connectivity index (χ1n) is 3.97. The molecule has 0 unspecified atom stereocenters. The molecular weight excluding hydrogens is 186 g/mol. The molecule has 1 N–H and O–H groups in total. The molecule has 4 heteroatoms. The van der Waals surface area contributed by atoms with Gasteiger partial charge in [0.15, 0.2) is 0 Å². The van der Waals surface area contributed by atoms with Gasteiger partial charge in [-0.2, -0.15) is 0 Å². The number of benzene rings is 1. The maximum atomic E-state index is 9.37. The molecule has 0 aliphatic carbocycles. The van der Waals surface area contributed by atoms with Gasteiger partial charge >= 0.3 is 0 Å². The van der Waals surface area contributed by atoms with Gasteiger partial charge in [-0.3, -0.25) is 0 Å². The number of hydrogen-bond acceptors (Lipinski definition) is 4. The van der Waals surface area contributed by atoms with Crippen molar-refractivity contribution in [3.63, 3.8) is 0 Å². The Bertz CT molecular complexity index is 313. The van der Waals surface area contributed by atoms with Crippen LogP contribution in [0.3, 0.4) is 0 Å². The number of oxime groups is 1. The zero-order valence-electron chi connectivity index (χ0n) is 6.88. The molecule has 0 saturated carbocycles. The van der Waals surface area contributed by atoms with Gasteiger partial charge in [0.1, 0.15) is 17.8 Å². The van der Waals surface area contributed by atoms with E-state index in [0.717, 1.165) is 4.90 Å². The topological polar surface area (TPSA) is 41.8 Å². The van der Waals surface area contributed by atoms with Crippen molar-refractivity contribution in [1.29, 1.82) is 0 Å². The third kappa shape index (κ3) is 2.02. The Labute approximate surface area is 80.4 Å². The minimum absolute atomic E-state index is 0.273. The van der Waals surface area contributed by atoms with Gasteiger partial charge in [0.2, 0.25) is 0 Å². The van der Waals surface area contributed by atoms with Crippen LogP contribution in [0.5, 0.6) is 0 Å². The number of aliphatic hydroxyl groups excluding tert-OH is 1. The summed E-state index contributed by atoms with van der Waals surface area (Å²) in [4.78, 5) is 5.82. The fraction of sp³-hybridized carbons (Fsp3) is 0.222. The Kier molecular flexibility index (Phi) is 2.52. The molecule has 0 fully saturated rings. The third-order valence-corrected chi connectivity index (χ3v) is 2.70. The molecule has 1 aliphatic rings. The van der Waals surface area contributed by atoms with Gasteiger partial charge in [-0.05, 0) is 12.1 Å². The first kappa shape index (κ1) is 8.59. The van der Waals surface area contributed by atoms with E-state index in [2.05, 4.69) is 5.16 Å². The van der Waals surface area contributed by atoms with Gasteiger partial charge in [0, 0.05) is 4.90 Å². The van der Waals surface area contributed by atoms with Gasteiger partial charge in [-0.15, -0.1) is 0 Å². The fourth-order valence-corrected chi connectivity index (χ4v) is 1.83. The third-order valence-electron chi connectivity index (χ3n) is 1.64. The molecule has 2 rings (SSSR count). The Morgan fingerprint density at radius 2 is 2.15 bits per heavy atom. The molecule has 1 aromatic rings. The van der Waals surface area contributed by atoms with E-state index in [4.69, 9.17) is 4.84 Å². The number of thioether (sulfide) groups is 1. The highest BCUT2D eigenvalue weighted by Crippen LogP contribution is 2.23. The van der Waals surface area contributed by atoms with Crippen LogP contribution >= 0.6 is 11.8 Å². The zero-order chi connectivity index (χ0) is 9.10. The number of hydrogen-bond donors (Lipinski definition) is 1. The van der Waals surface area contributed by atoms with Crippen LogP contribution in [0.4, 0.5) is 0 Å². The van der Waals surface area contributed by atoms with Gasteiger partial charge < -0.3 is 9.94 Å². The largest absolute Gasteiger partial charge is 0.392 e. The van der Waals surface area contributed by atoms with Crippen molar-refractivity contribution in [2.75, 3.05) is 6.61 Å². The highest BCUT2D eigenvalue weighted by atomic mass is 32.2. The second-order valence-corrected chi connectivity index (χ2v) is 3.75. The van der Waals surface area contributed by atoms with Crippen molar-refractivity contribution in [1.82, 2.24) is 0 Å². The molecule has 1 atom stereocenters. The standard InChI is InChI=1S/C9H9NO2S/c11-8-6-12-10-9(8)13-7-4-2-1-3-5-7/h1-5,8,11H,6H2/t8-/m0/s1. The molecule has 1 heterocycles. The van der Waals surface area contributed by atoms with E-state index in [9.17, 15) is 5.11 Å². The second-order valence-electron chi connectivity index (χ2n) is 2.66. The van der Waals surface area contributed by atoms with E-state index in [1.165, 1.54) is 11.8 Å². The van der Waals surface area contributed by atoms with Crippen LogP contribution in [-0.4, -0.2) is 22.9 Å². The smallest absolute Gasteiger partial charge is 0.150 e. The summed E-state index contributed by atoms with van der Waals surface area (Å²) in [5, 5.41) is 13.7. The summed E-state index contributed by atoms with van der Waals surface area (Å²) in [6.45, 7) is 0.273. The minimum Gasteiger partial charge on any atom is -0.392 e. The van der Waals surface area contributed by atoms with E-state index in [0.29, 0.717) is 5.04 Å². The second kappa shape index (κ2) is 3.81. The lowest BCUT2D eigenvalue weighted by Gasteiger charge is -2.01. The molecule has 0 amide bonds. The van der Waals surface area contributed by atoms with Crippen molar-refractivity contribution in [2.24, 2.45) is 5.16 Å². The normalized spacial score (nSPS) is 21.0. The lowest BCUT2D eigenvalue weighted by Crippen LogP contribution is -2.15.